The Bertz CT molecular complexity index is 1220. The Morgan fingerprint density at radius 1 is 1.12 bits per heavy atom. The molecule has 2 N–H and O–H groups in total. The summed E-state index contributed by atoms with van der Waals surface area (Å²) in [4.78, 5) is 39.2. The Morgan fingerprint density at radius 3 is 2.37 bits per heavy atom. The summed E-state index contributed by atoms with van der Waals surface area (Å²) in [7, 11) is -0.292. The van der Waals surface area contributed by atoms with Gasteiger partial charge in [-0.15, -0.1) is 0 Å². The van der Waals surface area contributed by atoms with Crippen LogP contribution in [0, 0.1) is 11.3 Å². The Labute approximate surface area is 240 Å². The summed E-state index contributed by atoms with van der Waals surface area (Å²) in [6, 6.07) is 11.5. The summed E-state index contributed by atoms with van der Waals surface area (Å²) in [6.07, 6.45) is 0.0837. The molecular weight excluding hydrogens is 555 g/mol. The maximum atomic E-state index is 12.7. The number of nitriles is 1. The lowest BCUT2D eigenvalue weighted by Crippen LogP contribution is -2.50. The number of aliphatic hydroxyl groups excluding tert-OH is 1. The van der Waals surface area contributed by atoms with Gasteiger partial charge in [-0.05, 0) is 39.8 Å². The van der Waals surface area contributed by atoms with Gasteiger partial charge in [0, 0.05) is 31.5 Å². The number of nitrogens with zero attached hydrogens (tertiary/aromatic N) is 3. The molecule has 13 nitrogen and oxygen atoms in total. The maximum Gasteiger partial charge on any atom is 0.338 e. The Balaban J connectivity index is 2.38. The average molecular weight is 595 g/mol. The number of aromatic amines is 1. The van der Waals surface area contributed by atoms with Gasteiger partial charge >= 0.3 is 11.7 Å². The standard InChI is InChI=1S/C27H39N4O9P/c1-20(2)31(21(3)4)41(38-15-9-13-28)39-19-27(17-32,18-36-5)40-24(30-14-12-23(33)29-26(30)35)16-37-25(34)22-10-7-6-8-11-22/h6-8,10-12,14,20-21,24,32H,9,15-19H2,1-5H3,(H,29,33,35)/t24-,27+,41?/m1/s1. The zero-order valence-corrected chi connectivity index (χ0v) is 24.9. The van der Waals surface area contributed by atoms with Gasteiger partial charge in [0.25, 0.3) is 14.1 Å². The number of hydrogen-bond acceptors (Lipinski definition) is 11. The lowest BCUT2D eigenvalue weighted by atomic mass is 10.1. The summed E-state index contributed by atoms with van der Waals surface area (Å²) in [6.45, 7) is 6.61. The van der Waals surface area contributed by atoms with Crippen LogP contribution in [0.15, 0.2) is 52.2 Å². The molecule has 2 rings (SSSR count). The summed E-state index contributed by atoms with van der Waals surface area (Å²) in [5.41, 5.74) is -2.69. The van der Waals surface area contributed by atoms with E-state index in [9.17, 15) is 19.5 Å². The minimum absolute atomic E-state index is 0.0277. The van der Waals surface area contributed by atoms with Crippen LogP contribution in [0.3, 0.4) is 0 Å². The SMILES string of the molecule is COC[C@@](CO)(COP(OCCC#N)N(C(C)C)C(C)C)O[C@H](COC(=O)c1ccccc1)n1ccc(=O)[nH]c1=O. The molecule has 0 saturated heterocycles. The predicted molar refractivity (Wildman–Crippen MR) is 151 cm³/mol. The molecule has 1 aromatic heterocycles. The fraction of sp³-hybridized carbons (Fsp3) is 0.556. The first-order valence-electron chi connectivity index (χ1n) is 13.1. The fourth-order valence-corrected chi connectivity index (χ4v) is 5.59. The highest BCUT2D eigenvalue weighted by atomic mass is 31.2. The number of benzene rings is 1. The van der Waals surface area contributed by atoms with Gasteiger partial charge in [0.15, 0.2) is 6.23 Å². The van der Waals surface area contributed by atoms with Crippen molar-refractivity contribution in [2.45, 2.75) is 58.0 Å². The molecule has 0 spiro atoms. The van der Waals surface area contributed by atoms with E-state index in [0.29, 0.717) is 0 Å². The first kappa shape index (κ1) is 34.3. The van der Waals surface area contributed by atoms with Crippen molar-refractivity contribution in [3.63, 3.8) is 0 Å². The molecule has 3 atom stereocenters. The number of carbonyl (C=O) groups excluding carboxylic acids is 1. The van der Waals surface area contributed by atoms with Gasteiger partial charge in [0.05, 0.1) is 44.5 Å². The maximum absolute atomic E-state index is 12.7. The number of ether oxygens (including phenoxy) is 3. The minimum Gasteiger partial charge on any atom is -0.457 e. The molecular formula is C27H39N4O9P. The van der Waals surface area contributed by atoms with Gasteiger partial charge in [0.2, 0.25) is 0 Å². The first-order chi connectivity index (χ1) is 19.6. The first-order valence-corrected chi connectivity index (χ1v) is 14.2. The van der Waals surface area contributed by atoms with E-state index >= 15 is 0 Å². The van der Waals surface area contributed by atoms with E-state index in [1.165, 1.54) is 13.3 Å². The van der Waals surface area contributed by atoms with E-state index in [4.69, 9.17) is 28.5 Å². The van der Waals surface area contributed by atoms with E-state index < -0.39 is 50.8 Å². The van der Waals surface area contributed by atoms with Crippen LogP contribution in [0.1, 0.15) is 50.7 Å². The van der Waals surface area contributed by atoms with Crippen LogP contribution in [0.2, 0.25) is 0 Å². The van der Waals surface area contributed by atoms with Crippen LogP contribution in [0.4, 0.5) is 0 Å². The molecule has 1 heterocycles. The summed E-state index contributed by atoms with van der Waals surface area (Å²) in [5.74, 6) is -0.659. The Hall–Kier alpha value is -2.95. The largest absolute Gasteiger partial charge is 0.457 e. The van der Waals surface area contributed by atoms with Crippen LogP contribution < -0.4 is 11.2 Å². The number of hydrogen-bond donors (Lipinski definition) is 2. The molecule has 0 saturated carbocycles. The van der Waals surface area contributed by atoms with Gasteiger partial charge in [-0.3, -0.25) is 14.3 Å². The third-order valence-electron chi connectivity index (χ3n) is 5.71. The van der Waals surface area contributed by atoms with Crippen molar-refractivity contribution in [3.05, 3.63) is 69.0 Å². The lowest BCUT2D eigenvalue weighted by Gasteiger charge is -2.39. The van der Waals surface area contributed by atoms with Gasteiger partial charge in [-0.25, -0.2) is 14.3 Å². The van der Waals surface area contributed by atoms with Crippen LogP contribution in [-0.4, -0.2) is 83.1 Å². The molecule has 0 aliphatic heterocycles. The molecule has 41 heavy (non-hydrogen) atoms. The van der Waals surface area contributed by atoms with Crippen molar-refractivity contribution in [2.75, 3.05) is 40.1 Å². The number of esters is 1. The highest BCUT2D eigenvalue weighted by Gasteiger charge is 2.39. The molecule has 0 bridgehead atoms. The number of aliphatic hydroxyl groups is 1. The molecule has 0 fully saturated rings. The number of H-pyrrole nitrogens is 1. The number of nitrogens with one attached hydrogen (secondary N) is 1. The number of aromatic nitrogens is 2. The van der Waals surface area contributed by atoms with Crippen molar-refractivity contribution >= 4 is 14.5 Å². The van der Waals surface area contributed by atoms with Crippen molar-refractivity contribution in [1.29, 1.82) is 5.26 Å². The molecule has 2 aromatic rings. The fourth-order valence-electron chi connectivity index (χ4n) is 3.91. The lowest BCUT2D eigenvalue weighted by molar-refractivity contribution is -0.196. The summed E-state index contributed by atoms with van der Waals surface area (Å²) < 4.78 is 32.2. The third-order valence-corrected chi connectivity index (χ3v) is 7.76. The second kappa shape index (κ2) is 17.1. The van der Waals surface area contributed by atoms with Crippen LogP contribution in [-0.2, 0) is 23.3 Å². The van der Waals surface area contributed by atoms with Crippen LogP contribution >= 0.6 is 8.53 Å². The average Bonchev–Trinajstić information content (AvgIpc) is 2.94. The predicted octanol–water partition coefficient (Wildman–Crippen LogP) is 2.58. The van der Waals surface area contributed by atoms with Crippen molar-refractivity contribution in [3.8, 4) is 6.07 Å². The Kier molecular flexibility index (Phi) is 14.3. The minimum atomic E-state index is -1.70. The van der Waals surface area contributed by atoms with E-state index in [2.05, 4.69) is 4.98 Å². The van der Waals surface area contributed by atoms with E-state index in [-0.39, 0.29) is 43.9 Å². The number of carbonyl (C=O) groups is 1. The van der Waals surface area contributed by atoms with Crippen LogP contribution in [0.25, 0.3) is 0 Å². The van der Waals surface area contributed by atoms with Crippen LogP contribution in [0.5, 0.6) is 0 Å². The molecule has 14 heteroatoms. The molecule has 0 aliphatic rings. The highest BCUT2D eigenvalue weighted by molar-refractivity contribution is 7.44. The number of methoxy groups -OCH3 is 1. The second-order valence-corrected chi connectivity index (χ2v) is 11.1. The third kappa shape index (κ3) is 10.4. The van der Waals surface area contributed by atoms with Gasteiger partial charge in [0.1, 0.15) is 12.2 Å². The second-order valence-electron chi connectivity index (χ2n) is 9.65. The highest BCUT2D eigenvalue weighted by Crippen LogP contribution is 2.47. The monoisotopic (exact) mass is 594 g/mol. The zero-order valence-electron chi connectivity index (χ0n) is 24.0. The summed E-state index contributed by atoms with van der Waals surface area (Å²) >= 11 is 0. The van der Waals surface area contributed by atoms with Gasteiger partial charge in [-0.2, -0.15) is 5.26 Å². The topological polar surface area (TPSA) is 165 Å². The van der Waals surface area contributed by atoms with Crippen molar-refractivity contribution in [2.24, 2.45) is 0 Å². The number of rotatable bonds is 18. The Morgan fingerprint density at radius 2 is 1.80 bits per heavy atom. The molecule has 1 aromatic carbocycles. The summed E-state index contributed by atoms with van der Waals surface area (Å²) in [5, 5.41) is 19.5. The normalized spacial score (nSPS) is 14.5. The molecule has 226 valence electrons. The molecule has 1 unspecified atom stereocenters. The smallest absolute Gasteiger partial charge is 0.338 e. The molecule has 0 aliphatic carbocycles. The van der Waals surface area contributed by atoms with Gasteiger partial charge < -0.3 is 28.4 Å². The zero-order chi connectivity index (χ0) is 30.4. The van der Waals surface area contributed by atoms with Crippen molar-refractivity contribution < 1.29 is 33.2 Å². The van der Waals surface area contributed by atoms with E-state index in [0.717, 1.165) is 10.6 Å². The molecule has 0 amide bonds. The van der Waals surface area contributed by atoms with Crippen molar-refractivity contribution in [1.82, 2.24) is 14.2 Å². The van der Waals surface area contributed by atoms with Gasteiger partial charge in [-0.1, -0.05) is 18.2 Å². The quantitative estimate of drug-likeness (QED) is 0.148. The van der Waals surface area contributed by atoms with E-state index in [1.807, 2.05) is 38.4 Å². The molecule has 0 radical (unpaired) electrons. The van der Waals surface area contributed by atoms with E-state index in [1.54, 1.807) is 30.3 Å².